The van der Waals surface area contributed by atoms with Crippen LogP contribution in [0.1, 0.15) is 16.1 Å². The van der Waals surface area contributed by atoms with E-state index in [-0.39, 0.29) is 5.91 Å². The molecule has 3 rings (SSSR count). The van der Waals surface area contributed by atoms with Crippen LogP contribution in [0.2, 0.25) is 0 Å². The molecule has 23 heavy (non-hydrogen) atoms. The molecule has 0 aliphatic rings. The zero-order valence-electron chi connectivity index (χ0n) is 12.5. The van der Waals surface area contributed by atoms with Gasteiger partial charge in [0, 0.05) is 16.6 Å². The van der Waals surface area contributed by atoms with Crippen LogP contribution in [-0.4, -0.2) is 10.9 Å². The molecule has 114 valence electrons. The molecule has 3 nitrogen and oxygen atoms in total. The minimum absolute atomic E-state index is 0.194. The molecule has 0 saturated carbocycles. The lowest BCUT2D eigenvalue weighted by Gasteiger charge is -2.08. The lowest BCUT2D eigenvalue weighted by Crippen LogP contribution is -2.13. The van der Waals surface area contributed by atoms with Gasteiger partial charge < -0.3 is 5.32 Å². The number of benzene rings is 2. The first-order valence-corrected chi connectivity index (χ1v) is 8.17. The van der Waals surface area contributed by atoms with Crippen molar-refractivity contribution in [2.45, 2.75) is 6.42 Å². The van der Waals surface area contributed by atoms with Gasteiger partial charge in [-0.05, 0) is 18.1 Å². The molecule has 0 aliphatic heterocycles. The topological polar surface area (TPSA) is 42.0 Å². The number of allylic oxidation sites excluding steroid dienone is 1. The molecule has 0 saturated heterocycles. The van der Waals surface area contributed by atoms with Crippen molar-refractivity contribution in [1.82, 2.24) is 4.98 Å². The Kier molecular flexibility index (Phi) is 4.64. The first-order valence-electron chi connectivity index (χ1n) is 7.29. The Morgan fingerprint density at radius 1 is 1.13 bits per heavy atom. The highest BCUT2D eigenvalue weighted by atomic mass is 32.1. The number of carbonyl (C=O) groups is 1. The molecule has 1 aromatic heterocycles. The van der Waals surface area contributed by atoms with Crippen molar-refractivity contribution in [3.05, 3.63) is 83.9 Å². The monoisotopic (exact) mass is 320 g/mol. The van der Waals surface area contributed by atoms with E-state index in [0.717, 1.165) is 21.8 Å². The quantitative estimate of drug-likeness (QED) is 0.687. The van der Waals surface area contributed by atoms with Crippen molar-refractivity contribution in [2.24, 2.45) is 0 Å². The number of thiazole rings is 1. The van der Waals surface area contributed by atoms with Gasteiger partial charge in [-0.3, -0.25) is 4.79 Å². The van der Waals surface area contributed by atoms with Crippen LogP contribution in [0.5, 0.6) is 0 Å². The molecule has 0 bridgehead atoms. The molecular formula is C19H16N2OS. The number of para-hydroxylation sites is 1. The molecule has 4 heteroatoms. The summed E-state index contributed by atoms with van der Waals surface area (Å²) in [6.07, 6.45) is 2.53. The third-order valence-electron chi connectivity index (χ3n) is 3.39. The van der Waals surface area contributed by atoms with Gasteiger partial charge in [0.2, 0.25) is 0 Å². The summed E-state index contributed by atoms with van der Waals surface area (Å²) in [6.45, 7) is 3.75. The van der Waals surface area contributed by atoms with Crippen molar-refractivity contribution < 1.29 is 4.79 Å². The number of hydrogen-bond acceptors (Lipinski definition) is 3. The summed E-state index contributed by atoms with van der Waals surface area (Å²) in [6, 6.07) is 17.6. The van der Waals surface area contributed by atoms with E-state index in [0.29, 0.717) is 12.1 Å². The number of hydrogen-bond donors (Lipinski definition) is 1. The summed E-state index contributed by atoms with van der Waals surface area (Å²) in [4.78, 5) is 16.9. The molecule has 1 amide bonds. The Balaban J connectivity index is 1.80. The number of rotatable bonds is 5. The second-order valence-corrected chi connectivity index (χ2v) is 5.87. The van der Waals surface area contributed by atoms with Crippen LogP contribution in [0.3, 0.4) is 0 Å². The summed E-state index contributed by atoms with van der Waals surface area (Å²) in [5.74, 6) is -0.194. The van der Waals surface area contributed by atoms with Crippen LogP contribution in [-0.2, 0) is 6.42 Å². The smallest absolute Gasteiger partial charge is 0.275 e. The third-order valence-corrected chi connectivity index (χ3v) is 4.28. The first kappa shape index (κ1) is 15.2. The second-order valence-electron chi connectivity index (χ2n) is 5.01. The minimum Gasteiger partial charge on any atom is -0.320 e. The average molecular weight is 320 g/mol. The largest absolute Gasteiger partial charge is 0.320 e. The summed E-state index contributed by atoms with van der Waals surface area (Å²) >= 11 is 1.47. The van der Waals surface area contributed by atoms with Gasteiger partial charge in [0.05, 0.1) is 0 Å². The molecule has 0 spiro atoms. The number of anilines is 1. The molecule has 2 aromatic carbocycles. The van der Waals surface area contributed by atoms with E-state index in [4.69, 9.17) is 0 Å². The lowest BCUT2D eigenvalue weighted by molar-refractivity contribution is 0.102. The number of nitrogens with one attached hydrogen (secondary N) is 1. The van der Waals surface area contributed by atoms with Gasteiger partial charge in [0.15, 0.2) is 0 Å². The summed E-state index contributed by atoms with van der Waals surface area (Å²) in [5.41, 5.74) is 3.28. The standard InChI is InChI=1S/C19H16N2OS/c1-2-8-14-9-6-7-12-16(14)20-18(22)17-13-23-19(21-17)15-10-4-3-5-11-15/h2-7,9-13H,1,8H2,(H,20,22). The molecule has 1 N–H and O–H groups in total. The maximum absolute atomic E-state index is 12.4. The fraction of sp³-hybridized carbons (Fsp3) is 0.0526. The van der Waals surface area contributed by atoms with Crippen molar-refractivity contribution in [3.63, 3.8) is 0 Å². The van der Waals surface area contributed by atoms with Gasteiger partial charge >= 0.3 is 0 Å². The van der Waals surface area contributed by atoms with E-state index in [1.165, 1.54) is 11.3 Å². The highest BCUT2D eigenvalue weighted by Gasteiger charge is 2.13. The highest BCUT2D eigenvalue weighted by Crippen LogP contribution is 2.24. The molecule has 0 atom stereocenters. The van der Waals surface area contributed by atoms with E-state index < -0.39 is 0 Å². The summed E-state index contributed by atoms with van der Waals surface area (Å²) < 4.78 is 0. The molecule has 1 heterocycles. The highest BCUT2D eigenvalue weighted by molar-refractivity contribution is 7.13. The third kappa shape index (κ3) is 3.55. The maximum Gasteiger partial charge on any atom is 0.275 e. The fourth-order valence-electron chi connectivity index (χ4n) is 2.25. The Hall–Kier alpha value is -2.72. The molecule has 0 aliphatic carbocycles. The molecule has 0 radical (unpaired) electrons. The van der Waals surface area contributed by atoms with Crippen molar-refractivity contribution in [2.75, 3.05) is 5.32 Å². The van der Waals surface area contributed by atoms with Crippen LogP contribution < -0.4 is 5.32 Å². The molecule has 3 aromatic rings. The van der Waals surface area contributed by atoms with Gasteiger partial charge in [-0.15, -0.1) is 17.9 Å². The molecular weight excluding hydrogens is 304 g/mol. The second kappa shape index (κ2) is 7.03. The van der Waals surface area contributed by atoms with Crippen molar-refractivity contribution in [1.29, 1.82) is 0 Å². The van der Waals surface area contributed by atoms with Crippen LogP contribution in [0.15, 0.2) is 72.6 Å². The van der Waals surface area contributed by atoms with Crippen LogP contribution >= 0.6 is 11.3 Å². The van der Waals surface area contributed by atoms with Gasteiger partial charge in [0.1, 0.15) is 10.7 Å². The van der Waals surface area contributed by atoms with Gasteiger partial charge in [-0.1, -0.05) is 54.6 Å². The number of carbonyl (C=O) groups excluding carboxylic acids is 1. The fourth-order valence-corrected chi connectivity index (χ4v) is 3.06. The maximum atomic E-state index is 12.4. The Bertz CT molecular complexity index is 824. The van der Waals surface area contributed by atoms with Crippen LogP contribution in [0, 0.1) is 0 Å². The zero-order valence-corrected chi connectivity index (χ0v) is 13.3. The van der Waals surface area contributed by atoms with Crippen LogP contribution in [0.25, 0.3) is 10.6 Å². The SMILES string of the molecule is C=CCc1ccccc1NC(=O)c1csc(-c2ccccc2)n1. The van der Waals surface area contributed by atoms with Gasteiger partial charge in [0.25, 0.3) is 5.91 Å². The summed E-state index contributed by atoms with van der Waals surface area (Å²) in [7, 11) is 0. The lowest BCUT2D eigenvalue weighted by atomic mass is 10.1. The van der Waals surface area contributed by atoms with E-state index in [1.807, 2.05) is 60.7 Å². The van der Waals surface area contributed by atoms with Gasteiger partial charge in [-0.2, -0.15) is 0 Å². The van der Waals surface area contributed by atoms with E-state index in [1.54, 1.807) is 5.38 Å². The van der Waals surface area contributed by atoms with Crippen molar-refractivity contribution >= 4 is 22.9 Å². The van der Waals surface area contributed by atoms with Crippen molar-refractivity contribution in [3.8, 4) is 10.6 Å². The van der Waals surface area contributed by atoms with E-state index in [2.05, 4.69) is 16.9 Å². The summed E-state index contributed by atoms with van der Waals surface area (Å²) in [5, 5.41) is 5.56. The molecule has 0 fully saturated rings. The Morgan fingerprint density at radius 3 is 2.65 bits per heavy atom. The van der Waals surface area contributed by atoms with Crippen LogP contribution in [0.4, 0.5) is 5.69 Å². The number of amides is 1. The number of aromatic nitrogens is 1. The van der Waals surface area contributed by atoms with E-state index in [9.17, 15) is 4.79 Å². The molecule has 0 unspecified atom stereocenters. The Labute approximate surface area is 139 Å². The minimum atomic E-state index is -0.194. The number of nitrogens with zero attached hydrogens (tertiary/aromatic N) is 1. The Morgan fingerprint density at radius 2 is 1.87 bits per heavy atom. The first-order chi connectivity index (χ1) is 11.3. The predicted octanol–water partition coefficient (Wildman–Crippen LogP) is 4.79. The zero-order chi connectivity index (χ0) is 16.1. The predicted molar refractivity (Wildman–Crippen MR) is 95.8 cm³/mol. The normalized spacial score (nSPS) is 10.3. The average Bonchev–Trinajstić information content (AvgIpc) is 3.08. The van der Waals surface area contributed by atoms with Gasteiger partial charge in [-0.25, -0.2) is 4.98 Å². The van der Waals surface area contributed by atoms with E-state index >= 15 is 0 Å².